The van der Waals surface area contributed by atoms with E-state index in [4.69, 9.17) is 25.5 Å². The van der Waals surface area contributed by atoms with E-state index in [1.165, 1.54) is 72.6 Å². The molecule has 0 fully saturated rings. The summed E-state index contributed by atoms with van der Waals surface area (Å²) in [5.74, 6) is -9.05. The molecule has 4 unspecified atom stereocenters. The van der Waals surface area contributed by atoms with Gasteiger partial charge in [0.25, 0.3) is 0 Å². The molecule has 0 saturated carbocycles. The fraction of sp³-hybridized carbons (Fsp3) is 0.750. The first-order valence-electron chi connectivity index (χ1n) is 17.3. The van der Waals surface area contributed by atoms with E-state index in [2.05, 4.69) is 6.92 Å². The molecule has 0 spiro atoms. The van der Waals surface area contributed by atoms with Gasteiger partial charge in [0.05, 0.1) is 0 Å². The van der Waals surface area contributed by atoms with Crippen molar-refractivity contribution in [3.8, 4) is 0 Å². The second-order valence-electron chi connectivity index (χ2n) is 11.6. The van der Waals surface area contributed by atoms with Crippen LogP contribution < -0.4 is 0 Å². The molecule has 2 radical (unpaired) electrons. The molecule has 0 aromatic heterocycles. The summed E-state index contributed by atoms with van der Waals surface area (Å²) >= 11 is 0. The molecule has 0 aromatic carbocycles. The average molecular weight is 842 g/mol. The molecule has 0 aliphatic rings. The van der Waals surface area contributed by atoms with Crippen LogP contribution in [-0.2, 0) is 43.2 Å². The van der Waals surface area contributed by atoms with E-state index in [0.717, 1.165) is 12.8 Å². The summed E-state index contributed by atoms with van der Waals surface area (Å²) in [6, 6.07) is 0. The molecule has 0 aliphatic carbocycles. The fourth-order valence-electron chi connectivity index (χ4n) is 4.13. The van der Waals surface area contributed by atoms with Crippen molar-refractivity contribution in [2.24, 2.45) is 23.7 Å². The zero-order valence-electron chi connectivity index (χ0n) is 32.3. The van der Waals surface area contributed by atoms with Crippen LogP contribution in [0.5, 0.6) is 0 Å². The molecule has 298 valence electrons. The predicted octanol–water partition coefficient (Wildman–Crippen LogP) is 5.82. The Kier molecular flexibility index (Phi) is 46.6. The Labute approximate surface area is 320 Å². The zero-order valence-corrected chi connectivity index (χ0v) is 36.4. The van der Waals surface area contributed by atoms with Crippen LogP contribution in [-0.4, -0.2) is 102 Å². The number of carboxylic acid groups (broad SMARTS) is 5. The van der Waals surface area contributed by atoms with E-state index in [1.54, 1.807) is 27.7 Å². The summed E-state index contributed by atoms with van der Waals surface area (Å²) < 4.78 is 0. The molecular weight excluding hydrogens is 775 g/mol. The molecule has 0 amide bonds. The monoisotopic (exact) mass is 842 g/mol. The number of carbonyl (C=O) groups excluding carboxylic acids is 4. The van der Waals surface area contributed by atoms with Crippen molar-refractivity contribution in [3.05, 3.63) is 0 Å². The van der Waals surface area contributed by atoms with Crippen LogP contribution in [0.3, 0.4) is 0 Å². The van der Waals surface area contributed by atoms with Crippen molar-refractivity contribution < 1.29 is 68.7 Å². The summed E-state index contributed by atoms with van der Waals surface area (Å²) in [6.45, 7) is 14.1. The number of carbonyl (C=O) groups is 9. The van der Waals surface area contributed by atoms with Gasteiger partial charge in [-0.2, -0.15) is 0 Å². The van der Waals surface area contributed by atoms with Crippen LogP contribution in [0, 0.1) is 23.7 Å². The van der Waals surface area contributed by atoms with Gasteiger partial charge in [-0.3, -0.25) is 43.2 Å². The quantitative estimate of drug-likeness (QED) is 0.0489. The number of carboxylic acids is 5. The molecule has 0 heterocycles. The van der Waals surface area contributed by atoms with E-state index < -0.39 is 53.5 Å². The number of rotatable bonds is 22. The Morgan fingerprint density at radius 1 is 0.373 bits per heavy atom. The topological polar surface area (TPSA) is 255 Å². The number of ketones is 4. The first-order valence-corrected chi connectivity index (χ1v) is 17.3. The molecule has 14 nitrogen and oxygen atoms in total. The standard InChI is InChI=1S/C12H24O2.4C6H10O3.Sn.2H/c1-2-3-4-5-6-7-8-9-10-11-12(13)14;4*1-3-5(4(2)7)6(8)9;;;/h2-11H2,1H3,(H,13,14);4*5H,3H2,1-2H3,(H,8,9);;;. The summed E-state index contributed by atoms with van der Waals surface area (Å²) in [6.07, 6.45) is 13.0. The van der Waals surface area contributed by atoms with Crippen molar-refractivity contribution >= 4 is 76.9 Å². The molecule has 5 N–H and O–H groups in total. The van der Waals surface area contributed by atoms with Crippen molar-refractivity contribution in [3.63, 3.8) is 0 Å². The molecule has 51 heavy (non-hydrogen) atoms. The Balaban J connectivity index is -0.000000125. The van der Waals surface area contributed by atoms with E-state index in [9.17, 15) is 43.2 Å². The average Bonchev–Trinajstić information content (AvgIpc) is 2.97. The van der Waals surface area contributed by atoms with Gasteiger partial charge in [-0.05, 0) is 59.8 Å². The third kappa shape index (κ3) is 41.1. The minimum atomic E-state index is -1.02. The predicted molar refractivity (Wildman–Crippen MR) is 196 cm³/mol. The molecular formula is C36H66O14Sn. The van der Waals surface area contributed by atoms with Crippen LogP contribution in [0.25, 0.3) is 0 Å². The van der Waals surface area contributed by atoms with Gasteiger partial charge in [0.15, 0.2) is 0 Å². The fourth-order valence-corrected chi connectivity index (χ4v) is 4.13. The maximum atomic E-state index is 10.4. The zero-order chi connectivity index (χ0) is 40.4. The first kappa shape index (κ1) is 59.9. The Morgan fingerprint density at radius 2 is 0.569 bits per heavy atom. The van der Waals surface area contributed by atoms with Gasteiger partial charge in [-0.15, -0.1) is 0 Å². The van der Waals surface area contributed by atoms with E-state index in [1.807, 2.05) is 0 Å². The van der Waals surface area contributed by atoms with Gasteiger partial charge < -0.3 is 25.5 Å². The number of aliphatic carboxylic acids is 5. The molecule has 0 aromatic rings. The van der Waals surface area contributed by atoms with Crippen molar-refractivity contribution in [2.75, 3.05) is 0 Å². The molecule has 0 aliphatic heterocycles. The van der Waals surface area contributed by atoms with Gasteiger partial charge in [0, 0.05) is 6.42 Å². The van der Waals surface area contributed by atoms with Crippen LogP contribution in [0.15, 0.2) is 0 Å². The van der Waals surface area contributed by atoms with Gasteiger partial charge in [-0.25, -0.2) is 0 Å². The summed E-state index contributed by atoms with van der Waals surface area (Å²) in [7, 11) is 0. The van der Waals surface area contributed by atoms with Crippen LogP contribution in [0.2, 0.25) is 0 Å². The third-order valence-corrected chi connectivity index (χ3v) is 7.28. The Bertz CT molecular complexity index is 841. The van der Waals surface area contributed by atoms with E-state index in [0.29, 0.717) is 32.1 Å². The summed E-state index contributed by atoms with van der Waals surface area (Å²) in [5, 5.41) is 41.7. The van der Waals surface area contributed by atoms with Crippen LogP contribution in [0.1, 0.15) is 152 Å². The SMILES string of the molecule is CCC(C(C)=O)C(=O)O.CCC(C(C)=O)C(=O)O.CCC(C(C)=O)C(=O)O.CCC(C(C)=O)C(=O)O.CCCCCCCCCCCC(=O)O.[SnH2]. The van der Waals surface area contributed by atoms with Crippen molar-refractivity contribution in [1.82, 2.24) is 0 Å². The number of hydrogen-bond acceptors (Lipinski definition) is 9. The van der Waals surface area contributed by atoms with Gasteiger partial charge in [0.2, 0.25) is 0 Å². The van der Waals surface area contributed by atoms with Crippen LogP contribution in [0.4, 0.5) is 0 Å². The molecule has 0 bridgehead atoms. The number of Topliss-reactive ketones (excluding diaryl/α,β-unsaturated/α-hetero) is 4. The number of hydrogen-bond donors (Lipinski definition) is 5. The summed E-state index contributed by atoms with van der Waals surface area (Å²) in [4.78, 5) is 92.6. The normalized spacial score (nSPS) is 11.8. The van der Waals surface area contributed by atoms with Crippen LogP contribution >= 0.6 is 0 Å². The first-order chi connectivity index (χ1) is 23.1. The molecule has 4 atom stereocenters. The van der Waals surface area contributed by atoms with E-state index in [-0.39, 0.29) is 47.0 Å². The van der Waals surface area contributed by atoms with Gasteiger partial charge in [0.1, 0.15) is 46.8 Å². The van der Waals surface area contributed by atoms with Gasteiger partial charge >= 0.3 is 53.8 Å². The van der Waals surface area contributed by atoms with Gasteiger partial charge in [-0.1, -0.05) is 86.0 Å². The summed E-state index contributed by atoms with van der Waals surface area (Å²) in [5.41, 5.74) is 0. The minimum absolute atomic E-state index is 0. The third-order valence-electron chi connectivity index (χ3n) is 7.28. The van der Waals surface area contributed by atoms with Crippen molar-refractivity contribution in [1.29, 1.82) is 0 Å². The van der Waals surface area contributed by atoms with Crippen molar-refractivity contribution in [2.45, 2.75) is 152 Å². The number of unbranched alkanes of at least 4 members (excludes halogenated alkanes) is 8. The molecule has 0 saturated heterocycles. The second-order valence-corrected chi connectivity index (χ2v) is 11.6. The maximum absolute atomic E-state index is 10.4. The molecule has 0 rings (SSSR count). The molecule has 15 heteroatoms. The second kappa shape index (κ2) is 39.6. The Morgan fingerprint density at radius 3 is 0.686 bits per heavy atom. The Hall–Kier alpha value is -3.17. The van der Waals surface area contributed by atoms with E-state index >= 15 is 0 Å².